The summed E-state index contributed by atoms with van der Waals surface area (Å²) < 4.78 is 15.5. The number of hydrogen-bond acceptors (Lipinski definition) is 2. The van der Waals surface area contributed by atoms with Gasteiger partial charge in [0.15, 0.2) is 0 Å². The number of rotatable bonds is 3. The molecular weight excluding hydrogens is 207 g/mol. The molecule has 0 spiro atoms. The lowest BCUT2D eigenvalue weighted by Crippen LogP contribution is -1.99. The average molecular weight is 220 g/mol. The predicted octanol–water partition coefficient (Wildman–Crippen LogP) is 2.80. The Morgan fingerprint density at radius 3 is 2.94 bits per heavy atom. The van der Waals surface area contributed by atoms with Gasteiger partial charge in [-0.1, -0.05) is 6.92 Å². The SMILES string of the molecule is CCCn1ccnc1-c1ccc(O)cc1F. The Hall–Kier alpha value is -1.84. The van der Waals surface area contributed by atoms with E-state index in [1.54, 1.807) is 12.3 Å². The Morgan fingerprint density at radius 1 is 1.44 bits per heavy atom. The fourth-order valence-electron chi connectivity index (χ4n) is 1.66. The second-order valence-electron chi connectivity index (χ2n) is 3.61. The summed E-state index contributed by atoms with van der Waals surface area (Å²) in [7, 11) is 0. The van der Waals surface area contributed by atoms with Crippen LogP contribution in [0.2, 0.25) is 0 Å². The third-order valence-corrected chi connectivity index (χ3v) is 2.37. The molecule has 16 heavy (non-hydrogen) atoms. The maximum Gasteiger partial charge on any atom is 0.142 e. The Morgan fingerprint density at radius 2 is 2.25 bits per heavy atom. The second kappa shape index (κ2) is 4.35. The van der Waals surface area contributed by atoms with E-state index in [-0.39, 0.29) is 5.75 Å². The van der Waals surface area contributed by atoms with Crippen molar-refractivity contribution in [1.82, 2.24) is 9.55 Å². The molecule has 0 atom stereocenters. The number of imidazole rings is 1. The van der Waals surface area contributed by atoms with E-state index >= 15 is 0 Å². The molecule has 3 nitrogen and oxygen atoms in total. The van der Waals surface area contributed by atoms with Crippen molar-refractivity contribution in [3.05, 3.63) is 36.4 Å². The maximum absolute atomic E-state index is 13.6. The van der Waals surface area contributed by atoms with Gasteiger partial charge in [0.1, 0.15) is 17.4 Å². The van der Waals surface area contributed by atoms with Crippen LogP contribution in [-0.4, -0.2) is 14.7 Å². The van der Waals surface area contributed by atoms with Crippen molar-refractivity contribution in [3.8, 4) is 17.1 Å². The minimum atomic E-state index is -0.455. The van der Waals surface area contributed by atoms with Crippen LogP contribution in [0.1, 0.15) is 13.3 Å². The molecule has 2 rings (SSSR count). The molecule has 1 heterocycles. The average Bonchev–Trinajstić information content (AvgIpc) is 2.67. The van der Waals surface area contributed by atoms with E-state index in [1.807, 2.05) is 10.8 Å². The number of benzene rings is 1. The molecule has 1 aromatic heterocycles. The number of halogens is 1. The summed E-state index contributed by atoms with van der Waals surface area (Å²) in [6, 6.07) is 4.10. The number of aromatic nitrogens is 2. The van der Waals surface area contributed by atoms with E-state index in [0.717, 1.165) is 19.0 Å². The Balaban J connectivity index is 2.46. The zero-order chi connectivity index (χ0) is 11.5. The van der Waals surface area contributed by atoms with Gasteiger partial charge in [-0.15, -0.1) is 0 Å². The molecule has 0 saturated heterocycles. The summed E-state index contributed by atoms with van der Waals surface area (Å²) in [6.45, 7) is 2.85. The van der Waals surface area contributed by atoms with Crippen LogP contribution >= 0.6 is 0 Å². The van der Waals surface area contributed by atoms with Gasteiger partial charge in [-0.25, -0.2) is 9.37 Å². The highest BCUT2D eigenvalue weighted by Crippen LogP contribution is 2.24. The van der Waals surface area contributed by atoms with Crippen LogP contribution in [0.15, 0.2) is 30.6 Å². The van der Waals surface area contributed by atoms with Crippen LogP contribution in [0, 0.1) is 5.82 Å². The van der Waals surface area contributed by atoms with Crippen molar-refractivity contribution >= 4 is 0 Å². The van der Waals surface area contributed by atoms with E-state index in [2.05, 4.69) is 11.9 Å². The highest BCUT2D eigenvalue weighted by atomic mass is 19.1. The Bertz CT molecular complexity index is 494. The highest BCUT2D eigenvalue weighted by molar-refractivity contribution is 5.57. The molecule has 1 aromatic carbocycles. The fraction of sp³-hybridized carbons (Fsp3) is 0.250. The molecule has 0 amide bonds. The first-order valence-electron chi connectivity index (χ1n) is 5.22. The third kappa shape index (κ3) is 1.91. The van der Waals surface area contributed by atoms with Crippen molar-refractivity contribution in [3.63, 3.8) is 0 Å². The number of hydrogen-bond donors (Lipinski definition) is 1. The summed E-state index contributed by atoms with van der Waals surface area (Å²) in [5.74, 6) is 0.0674. The molecule has 0 fully saturated rings. The van der Waals surface area contributed by atoms with E-state index in [9.17, 15) is 4.39 Å². The van der Waals surface area contributed by atoms with Gasteiger partial charge in [-0.2, -0.15) is 0 Å². The molecule has 1 N–H and O–H groups in total. The van der Waals surface area contributed by atoms with Crippen molar-refractivity contribution < 1.29 is 9.50 Å². The molecule has 0 bridgehead atoms. The molecule has 0 aliphatic rings. The molecule has 0 aliphatic heterocycles. The summed E-state index contributed by atoms with van der Waals surface area (Å²) in [5, 5.41) is 9.14. The summed E-state index contributed by atoms with van der Waals surface area (Å²) in [4.78, 5) is 4.14. The van der Waals surface area contributed by atoms with Crippen LogP contribution in [0.5, 0.6) is 5.75 Å². The van der Waals surface area contributed by atoms with E-state index < -0.39 is 5.82 Å². The van der Waals surface area contributed by atoms with Crippen LogP contribution in [0.3, 0.4) is 0 Å². The fourth-order valence-corrected chi connectivity index (χ4v) is 1.66. The molecule has 4 heteroatoms. The molecule has 0 radical (unpaired) electrons. The largest absolute Gasteiger partial charge is 0.508 e. The van der Waals surface area contributed by atoms with Gasteiger partial charge >= 0.3 is 0 Å². The lowest BCUT2D eigenvalue weighted by atomic mass is 10.2. The van der Waals surface area contributed by atoms with Crippen molar-refractivity contribution in [2.45, 2.75) is 19.9 Å². The van der Waals surface area contributed by atoms with E-state index in [0.29, 0.717) is 11.4 Å². The first-order chi connectivity index (χ1) is 7.72. The molecular formula is C12H13FN2O. The standard InChI is InChI=1S/C12H13FN2O/c1-2-6-15-7-5-14-12(15)10-4-3-9(16)8-11(10)13/h3-5,7-8,16H,2,6H2,1H3. The number of phenolic OH excluding ortho intramolecular Hbond substituents is 1. The van der Waals surface area contributed by atoms with Gasteiger partial charge in [-0.05, 0) is 18.6 Å². The smallest absolute Gasteiger partial charge is 0.142 e. The van der Waals surface area contributed by atoms with Gasteiger partial charge in [0, 0.05) is 25.0 Å². The maximum atomic E-state index is 13.6. The van der Waals surface area contributed by atoms with E-state index in [4.69, 9.17) is 5.11 Å². The zero-order valence-electron chi connectivity index (χ0n) is 9.02. The van der Waals surface area contributed by atoms with Gasteiger partial charge in [-0.3, -0.25) is 0 Å². The predicted molar refractivity (Wildman–Crippen MR) is 59.6 cm³/mol. The topological polar surface area (TPSA) is 38.0 Å². The molecule has 0 unspecified atom stereocenters. The number of aromatic hydroxyl groups is 1. The van der Waals surface area contributed by atoms with Gasteiger partial charge in [0.2, 0.25) is 0 Å². The first-order valence-corrected chi connectivity index (χ1v) is 5.22. The summed E-state index contributed by atoms with van der Waals surface area (Å²) in [6.07, 6.45) is 4.44. The molecule has 0 aliphatic carbocycles. The summed E-state index contributed by atoms with van der Waals surface area (Å²) in [5.41, 5.74) is 0.413. The Labute approximate surface area is 93.2 Å². The third-order valence-electron chi connectivity index (χ3n) is 2.37. The first kappa shape index (κ1) is 10.7. The summed E-state index contributed by atoms with van der Waals surface area (Å²) >= 11 is 0. The van der Waals surface area contributed by atoms with Crippen LogP contribution in [0.25, 0.3) is 11.4 Å². The number of phenols is 1. The monoisotopic (exact) mass is 220 g/mol. The lowest BCUT2D eigenvalue weighted by molar-refractivity contribution is 0.469. The minimum Gasteiger partial charge on any atom is -0.508 e. The Kier molecular flexibility index (Phi) is 2.90. The number of aryl methyl sites for hydroxylation is 1. The van der Waals surface area contributed by atoms with E-state index in [1.165, 1.54) is 6.07 Å². The quantitative estimate of drug-likeness (QED) is 0.863. The number of nitrogens with zero attached hydrogens (tertiary/aromatic N) is 2. The van der Waals surface area contributed by atoms with Crippen LogP contribution < -0.4 is 0 Å². The van der Waals surface area contributed by atoms with Crippen LogP contribution in [-0.2, 0) is 6.54 Å². The second-order valence-corrected chi connectivity index (χ2v) is 3.61. The van der Waals surface area contributed by atoms with Gasteiger partial charge in [0.25, 0.3) is 0 Å². The molecule has 84 valence electrons. The lowest BCUT2D eigenvalue weighted by Gasteiger charge is -2.07. The van der Waals surface area contributed by atoms with Crippen molar-refractivity contribution in [1.29, 1.82) is 0 Å². The van der Waals surface area contributed by atoms with Gasteiger partial charge in [0.05, 0.1) is 5.56 Å². The zero-order valence-corrected chi connectivity index (χ0v) is 9.02. The highest BCUT2D eigenvalue weighted by Gasteiger charge is 2.10. The minimum absolute atomic E-state index is 0.0742. The van der Waals surface area contributed by atoms with Crippen LogP contribution in [0.4, 0.5) is 4.39 Å². The molecule has 2 aromatic rings. The van der Waals surface area contributed by atoms with Gasteiger partial charge < -0.3 is 9.67 Å². The van der Waals surface area contributed by atoms with Crippen molar-refractivity contribution in [2.75, 3.05) is 0 Å². The van der Waals surface area contributed by atoms with Crippen molar-refractivity contribution in [2.24, 2.45) is 0 Å². The molecule has 0 saturated carbocycles. The normalized spacial score (nSPS) is 10.6.